The van der Waals surface area contributed by atoms with Crippen molar-refractivity contribution in [2.45, 2.75) is 31.2 Å². The summed E-state index contributed by atoms with van der Waals surface area (Å²) in [5, 5.41) is 19.9. The number of hydrogen-bond acceptors (Lipinski definition) is 4. The molecule has 2 aliphatic rings. The van der Waals surface area contributed by atoms with Crippen LogP contribution in [0.5, 0.6) is 5.75 Å². The van der Waals surface area contributed by atoms with E-state index >= 15 is 0 Å². The van der Waals surface area contributed by atoms with Gasteiger partial charge in [0, 0.05) is 24.4 Å². The van der Waals surface area contributed by atoms with Crippen molar-refractivity contribution in [2.75, 3.05) is 13.1 Å². The molecule has 21 heavy (non-hydrogen) atoms. The fraction of sp³-hybridized carbons (Fsp3) is 0.533. The van der Waals surface area contributed by atoms with Crippen LogP contribution in [0, 0.1) is 16.0 Å². The van der Waals surface area contributed by atoms with E-state index in [4.69, 9.17) is 0 Å². The van der Waals surface area contributed by atoms with Crippen LogP contribution >= 0.6 is 0 Å². The van der Waals surface area contributed by atoms with Crippen molar-refractivity contribution in [3.8, 4) is 5.75 Å². The second-order valence-electron chi connectivity index (χ2n) is 5.89. The fourth-order valence-electron chi connectivity index (χ4n) is 3.09. The number of piperidine rings is 1. The second-order valence-corrected chi connectivity index (χ2v) is 5.89. The van der Waals surface area contributed by atoms with Crippen LogP contribution in [0.25, 0.3) is 0 Å². The molecule has 6 nitrogen and oxygen atoms in total. The topological polar surface area (TPSA) is 83.7 Å². The number of rotatable bonds is 3. The third-order valence-electron chi connectivity index (χ3n) is 4.52. The van der Waals surface area contributed by atoms with Crippen LogP contribution in [-0.4, -0.2) is 40.0 Å². The summed E-state index contributed by atoms with van der Waals surface area (Å²) in [5.41, 5.74) is 1.18. The van der Waals surface area contributed by atoms with Crippen LogP contribution in [-0.2, 0) is 4.79 Å². The maximum absolute atomic E-state index is 12.2. The zero-order valence-electron chi connectivity index (χ0n) is 11.6. The Bertz CT molecular complexity index is 549. The first-order valence-corrected chi connectivity index (χ1v) is 7.27. The number of aromatic hydroxyl groups is 1. The van der Waals surface area contributed by atoms with Gasteiger partial charge in [0.15, 0.2) is 0 Å². The largest absolute Gasteiger partial charge is 0.508 e. The summed E-state index contributed by atoms with van der Waals surface area (Å²) in [6.45, 7) is 1.32. The number of carbonyl (C=O) groups excluding carboxylic acids is 1. The van der Waals surface area contributed by atoms with Crippen molar-refractivity contribution in [3.63, 3.8) is 0 Å². The number of amides is 1. The molecule has 1 saturated carbocycles. The minimum Gasteiger partial charge on any atom is -0.508 e. The molecule has 0 aromatic heterocycles. The van der Waals surface area contributed by atoms with Gasteiger partial charge >= 0.3 is 0 Å². The van der Waals surface area contributed by atoms with E-state index in [0.717, 1.165) is 12.8 Å². The summed E-state index contributed by atoms with van der Waals surface area (Å²) < 4.78 is 0. The highest BCUT2D eigenvalue weighted by Gasteiger charge is 2.54. The van der Waals surface area contributed by atoms with Gasteiger partial charge in [0.25, 0.3) is 0 Å². The quantitative estimate of drug-likeness (QED) is 0.679. The zero-order chi connectivity index (χ0) is 15.0. The number of phenols is 1. The van der Waals surface area contributed by atoms with Gasteiger partial charge in [-0.15, -0.1) is 0 Å². The number of nitrogens with zero attached hydrogens (tertiary/aromatic N) is 2. The van der Waals surface area contributed by atoms with Crippen LogP contribution in [0.2, 0.25) is 0 Å². The van der Waals surface area contributed by atoms with Gasteiger partial charge in [0.05, 0.1) is 0 Å². The van der Waals surface area contributed by atoms with Crippen molar-refractivity contribution in [3.05, 3.63) is 39.9 Å². The van der Waals surface area contributed by atoms with Crippen molar-refractivity contribution < 1.29 is 14.8 Å². The molecule has 0 spiro atoms. The van der Waals surface area contributed by atoms with Gasteiger partial charge in [-0.25, -0.2) is 0 Å². The molecule has 1 saturated heterocycles. The third kappa shape index (κ3) is 2.84. The Morgan fingerprint density at radius 2 is 1.86 bits per heavy atom. The maximum Gasteiger partial charge on any atom is 0.232 e. The lowest BCUT2D eigenvalue weighted by molar-refractivity contribution is -0.497. The van der Waals surface area contributed by atoms with E-state index in [-0.39, 0.29) is 16.6 Å². The van der Waals surface area contributed by atoms with Gasteiger partial charge in [-0.2, -0.15) is 0 Å². The molecule has 0 unspecified atom stereocenters. The first kappa shape index (κ1) is 13.9. The van der Waals surface area contributed by atoms with Gasteiger partial charge in [0.1, 0.15) is 11.7 Å². The molecule has 1 heterocycles. The Morgan fingerprint density at radius 1 is 1.24 bits per heavy atom. The Hall–Kier alpha value is -2.11. The van der Waals surface area contributed by atoms with Gasteiger partial charge in [-0.3, -0.25) is 14.9 Å². The molecule has 1 amide bonds. The monoisotopic (exact) mass is 290 g/mol. The van der Waals surface area contributed by atoms with Crippen LogP contribution in [0.3, 0.4) is 0 Å². The molecule has 1 aliphatic heterocycles. The molecule has 0 bridgehead atoms. The summed E-state index contributed by atoms with van der Waals surface area (Å²) in [6, 6.07) is 6.53. The van der Waals surface area contributed by atoms with E-state index in [9.17, 15) is 20.0 Å². The predicted octanol–water partition coefficient (Wildman–Crippen LogP) is 1.76. The number of benzene rings is 1. The lowest BCUT2D eigenvalue weighted by Crippen LogP contribution is -2.39. The molecule has 1 N–H and O–H groups in total. The number of carbonyl (C=O) groups is 1. The SMILES string of the molecule is O=C([C@H]1C[C@H]1[N+](=O)[O-])N1CCC(c2ccc(O)cc2)CC1. The molecule has 2 fully saturated rings. The van der Waals surface area contributed by atoms with Crippen molar-refractivity contribution in [2.24, 2.45) is 5.92 Å². The number of hydrogen-bond donors (Lipinski definition) is 1. The highest BCUT2D eigenvalue weighted by molar-refractivity contribution is 5.82. The first-order chi connectivity index (χ1) is 10.1. The zero-order valence-corrected chi connectivity index (χ0v) is 11.6. The van der Waals surface area contributed by atoms with E-state index in [1.807, 2.05) is 12.1 Å². The molecule has 1 aromatic rings. The molecule has 6 heteroatoms. The molecule has 3 rings (SSSR count). The van der Waals surface area contributed by atoms with Gasteiger partial charge in [-0.1, -0.05) is 12.1 Å². The van der Waals surface area contributed by atoms with E-state index < -0.39 is 12.0 Å². The molecular formula is C15H18N2O4. The maximum atomic E-state index is 12.2. The summed E-state index contributed by atoms with van der Waals surface area (Å²) in [4.78, 5) is 24.2. The van der Waals surface area contributed by atoms with E-state index in [0.29, 0.717) is 25.4 Å². The lowest BCUT2D eigenvalue weighted by Gasteiger charge is -2.32. The smallest absolute Gasteiger partial charge is 0.232 e. The van der Waals surface area contributed by atoms with Crippen molar-refractivity contribution in [1.82, 2.24) is 4.90 Å². The number of phenolic OH excluding ortho intramolecular Hbond substituents is 1. The third-order valence-corrected chi connectivity index (χ3v) is 4.52. The molecular weight excluding hydrogens is 272 g/mol. The molecule has 1 aromatic carbocycles. The lowest BCUT2D eigenvalue weighted by atomic mass is 9.89. The number of likely N-dealkylation sites (tertiary alicyclic amines) is 1. The number of nitro groups is 1. The van der Waals surface area contributed by atoms with Crippen LogP contribution in [0.4, 0.5) is 0 Å². The molecule has 2 atom stereocenters. The summed E-state index contributed by atoms with van der Waals surface area (Å²) in [6.07, 6.45) is 2.13. The minimum atomic E-state index is -0.660. The van der Waals surface area contributed by atoms with Crippen LogP contribution in [0.1, 0.15) is 30.7 Å². The Kier molecular flexibility index (Phi) is 3.53. The summed E-state index contributed by atoms with van der Waals surface area (Å²) in [7, 11) is 0. The van der Waals surface area contributed by atoms with Gasteiger partial charge in [-0.05, 0) is 36.5 Å². The standard InChI is InChI=1S/C15H18N2O4/c18-12-3-1-10(2-4-12)11-5-7-16(8-6-11)15(19)13-9-14(13)17(20)21/h1-4,11,13-14,18H,5-9H2/t13-,14+/m0/s1. The van der Waals surface area contributed by atoms with E-state index in [1.165, 1.54) is 5.56 Å². The highest BCUT2D eigenvalue weighted by atomic mass is 16.6. The first-order valence-electron chi connectivity index (χ1n) is 7.27. The van der Waals surface area contributed by atoms with Gasteiger partial charge < -0.3 is 10.0 Å². The molecule has 112 valence electrons. The molecule has 1 aliphatic carbocycles. The van der Waals surface area contributed by atoms with Crippen molar-refractivity contribution in [1.29, 1.82) is 0 Å². The minimum absolute atomic E-state index is 0.0548. The Balaban J connectivity index is 1.54. The average Bonchev–Trinajstić information content (AvgIpc) is 3.28. The highest BCUT2D eigenvalue weighted by Crippen LogP contribution is 2.37. The second kappa shape index (κ2) is 5.35. The van der Waals surface area contributed by atoms with Crippen molar-refractivity contribution >= 4 is 5.91 Å². The predicted molar refractivity (Wildman–Crippen MR) is 75.6 cm³/mol. The Labute approximate surface area is 122 Å². The molecule has 0 radical (unpaired) electrons. The average molecular weight is 290 g/mol. The summed E-state index contributed by atoms with van der Waals surface area (Å²) >= 11 is 0. The van der Waals surface area contributed by atoms with E-state index in [2.05, 4.69) is 0 Å². The van der Waals surface area contributed by atoms with E-state index in [1.54, 1.807) is 17.0 Å². The van der Waals surface area contributed by atoms with Crippen LogP contribution in [0.15, 0.2) is 24.3 Å². The fourth-order valence-corrected chi connectivity index (χ4v) is 3.09. The Morgan fingerprint density at radius 3 is 2.38 bits per heavy atom. The normalized spacial score (nSPS) is 25.6. The van der Waals surface area contributed by atoms with Gasteiger partial charge in [0.2, 0.25) is 11.9 Å². The summed E-state index contributed by atoms with van der Waals surface area (Å²) in [5.74, 6) is 0.192. The van der Waals surface area contributed by atoms with Crippen LogP contribution < -0.4 is 0 Å².